The van der Waals surface area contributed by atoms with Crippen LogP contribution < -0.4 is 10.1 Å². The van der Waals surface area contributed by atoms with Gasteiger partial charge in [-0.15, -0.1) is 0 Å². The molecule has 6 nitrogen and oxygen atoms in total. The molecule has 0 aliphatic carbocycles. The number of hydrogen-bond acceptors (Lipinski definition) is 5. The zero-order valence-electron chi connectivity index (χ0n) is 12.2. The van der Waals surface area contributed by atoms with Gasteiger partial charge in [0, 0.05) is 12.7 Å². The number of benzene rings is 1. The van der Waals surface area contributed by atoms with E-state index >= 15 is 0 Å². The molecule has 0 spiro atoms. The summed E-state index contributed by atoms with van der Waals surface area (Å²) < 4.78 is 31.0. The molecule has 2 aromatic heterocycles. The minimum absolute atomic E-state index is 0.0529. The number of amides is 1. The Bertz CT molecular complexity index is 875. The number of halogens is 2. The average molecular weight is 338 g/mol. The van der Waals surface area contributed by atoms with E-state index in [-0.39, 0.29) is 11.7 Å². The number of thiazole rings is 1. The Morgan fingerprint density at radius 1 is 1.43 bits per heavy atom. The first-order chi connectivity index (χ1) is 10.9. The molecule has 23 heavy (non-hydrogen) atoms. The molecule has 0 aliphatic rings. The number of aryl methyl sites for hydroxylation is 1. The lowest BCUT2D eigenvalue weighted by Crippen LogP contribution is -2.12. The van der Waals surface area contributed by atoms with E-state index in [1.54, 1.807) is 24.7 Å². The van der Waals surface area contributed by atoms with E-state index < -0.39 is 6.61 Å². The van der Waals surface area contributed by atoms with Crippen LogP contribution in [0.1, 0.15) is 16.1 Å². The lowest BCUT2D eigenvalue weighted by Gasteiger charge is -2.02. The zero-order valence-corrected chi connectivity index (χ0v) is 13.0. The number of aromatic nitrogens is 3. The second kappa shape index (κ2) is 5.92. The highest BCUT2D eigenvalue weighted by molar-refractivity contribution is 7.22. The van der Waals surface area contributed by atoms with Gasteiger partial charge in [0.05, 0.1) is 22.0 Å². The molecule has 9 heteroatoms. The van der Waals surface area contributed by atoms with Gasteiger partial charge < -0.3 is 4.74 Å². The second-order valence-corrected chi connectivity index (χ2v) is 5.78. The SMILES string of the molecule is Cc1c(C(=O)Nc2nc3ccc(OC(F)F)cc3s2)cnn1C. The number of carbonyl (C=O) groups excluding carboxylic acids is 1. The van der Waals surface area contributed by atoms with Crippen molar-refractivity contribution in [2.75, 3.05) is 5.32 Å². The van der Waals surface area contributed by atoms with Gasteiger partial charge in [-0.2, -0.15) is 13.9 Å². The minimum atomic E-state index is -2.88. The van der Waals surface area contributed by atoms with Gasteiger partial charge in [-0.05, 0) is 25.1 Å². The molecule has 0 fully saturated rings. The molecule has 3 aromatic rings. The Morgan fingerprint density at radius 2 is 2.22 bits per heavy atom. The minimum Gasteiger partial charge on any atom is -0.435 e. The summed E-state index contributed by atoms with van der Waals surface area (Å²) in [5.41, 5.74) is 1.78. The highest BCUT2D eigenvalue weighted by Crippen LogP contribution is 2.30. The van der Waals surface area contributed by atoms with E-state index in [0.717, 1.165) is 5.69 Å². The van der Waals surface area contributed by atoms with Gasteiger partial charge in [-0.25, -0.2) is 4.98 Å². The molecule has 0 radical (unpaired) electrons. The average Bonchev–Trinajstić information content (AvgIpc) is 3.01. The quantitative estimate of drug-likeness (QED) is 0.793. The van der Waals surface area contributed by atoms with E-state index in [1.165, 1.54) is 29.7 Å². The van der Waals surface area contributed by atoms with Crippen LogP contribution in [0.3, 0.4) is 0 Å². The van der Waals surface area contributed by atoms with Crippen molar-refractivity contribution >= 4 is 32.6 Å². The van der Waals surface area contributed by atoms with E-state index in [0.29, 0.717) is 20.9 Å². The van der Waals surface area contributed by atoms with Crippen molar-refractivity contribution in [1.29, 1.82) is 0 Å². The third kappa shape index (κ3) is 3.14. The molecule has 2 heterocycles. The van der Waals surface area contributed by atoms with E-state index in [9.17, 15) is 13.6 Å². The summed E-state index contributed by atoms with van der Waals surface area (Å²) in [5.74, 6) is -0.268. The van der Waals surface area contributed by atoms with Crippen LogP contribution in [-0.4, -0.2) is 27.3 Å². The smallest absolute Gasteiger partial charge is 0.387 e. The first kappa shape index (κ1) is 15.3. The molecular formula is C14H12F2N4O2S. The third-order valence-electron chi connectivity index (χ3n) is 3.29. The molecule has 120 valence electrons. The summed E-state index contributed by atoms with van der Waals surface area (Å²) >= 11 is 1.18. The normalized spacial score (nSPS) is 11.2. The molecule has 0 bridgehead atoms. The maximum absolute atomic E-state index is 12.2. The van der Waals surface area contributed by atoms with Crippen molar-refractivity contribution in [2.24, 2.45) is 7.05 Å². The summed E-state index contributed by atoms with van der Waals surface area (Å²) in [7, 11) is 1.74. The summed E-state index contributed by atoms with van der Waals surface area (Å²) in [4.78, 5) is 16.5. The number of anilines is 1. The summed E-state index contributed by atoms with van der Waals surface area (Å²) in [5, 5.41) is 7.08. The van der Waals surface area contributed by atoms with Gasteiger partial charge in [0.25, 0.3) is 5.91 Å². The molecule has 1 aromatic carbocycles. The van der Waals surface area contributed by atoms with Gasteiger partial charge in [-0.1, -0.05) is 11.3 Å². The Hall–Kier alpha value is -2.55. The number of fused-ring (bicyclic) bond motifs is 1. The summed E-state index contributed by atoms with van der Waals surface area (Å²) in [6, 6.07) is 4.43. The van der Waals surface area contributed by atoms with Crippen LogP contribution in [0.5, 0.6) is 5.75 Å². The van der Waals surface area contributed by atoms with Gasteiger partial charge in [0.1, 0.15) is 5.75 Å². The third-order valence-corrected chi connectivity index (χ3v) is 4.22. The van der Waals surface area contributed by atoms with Crippen LogP contribution in [0, 0.1) is 6.92 Å². The van der Waals surface area contributed by atoms with Crippen LogP contribution in [0.15, 0.2) is 24.4 Å². The monoisotopic (exact) mass is 338 g/mol. The van der Waals surface area contributed by atoms with E-state index in [4.69, 9.17) is 0 Å². The summed E-state index contributed by atoms with van der Waals surface area (Å²) in [6.45, 7) is -1.10. The number of alkyl halides is 2. The fourth-order valence-electron chi connectivity index (χ4n) is 2.02. The van der Waals surface area contributed by atoms with Crippen molar-refractivity contribution < 1.29 is 18.3 Å². The van der Waals surface area contributed by atoms with Crippen LogP contribution >= 0.6 is 11.3 Å². The molecule has 1 N–H and O–H groups in total. The zero-order chi connectivity index (χ0) is 16.6. The first-order valence-electron chi connectivity index (χ1n) is 6.59. The Kier molecular flexibility index (Phi) is 3.95. The van der Waals surface area contributed by atoms with E-state index in [1.807, 2.05) is 0 Å². The predicted octanol–water partition coefficient (Wildman–Crippen LogP) is 3.19. The van der Waals surface area contributed by atoms with Crippen LogP contribution in [0.4, 0.5) is 13.9 Å². The molecule has 0 unspecified atom stereocenters. The fraction of sp³-hybridized carbons (Fsp3) is 0.214. The topological polar surface area (TPSA) is 69.0 Å². The first-order valence-corrected chi connectivity index (χ1v) is 7.41. The maximum atomic E-state index is 12.2. The molecule has 0 aliphatic heterocycles. The van der Waals surface area contributed by atoms with Crippen molar-refractivity contribution in [3.63, 3.8) is 0 Å². The molecule has 0 atom stereocenters. The largest absolute Gasteiger partial charge is 0.435 e. The molecular weight excluding hydrogens is 326 g/mol. The number of nitrogens with one attached hydrogen (secondary N) is 1. The van der Waals surface area contributed by atoms with Crippen LogP contribution in [-0.2, 0) is 7.05 Å². The number of carbonyl (C=O) groups is 1. The van der Waals surface area contributed by atoms with Crippen molar-refractivity contribution in [1.82, 2.24) is 14.8 Å². The molecule has 0 saturated carbocycles. The molecule has 1 amide bonds. The molecule has 0 saturated heterocycles. The predicted molar refractivity (Wildman–Crippen MR) is 82.2 cm³/mol. The highest BCUT2D eigenvalue weighted by Gasteiger charge is 2.15. The highest BCUT2D eigenvalue weighted by atomic mass is 32.1. The van der Waals surface area contributed by atoms with Gasteiger partial charge in [0.15, 0.2) is 5.13 Å². The Labute approximate surface area is 133 Å². The van der Waals surface area contributed by atoms with Gasteiger partial charge >= 0.3 is 6.61 Å². The number of nitrogens with zero attached hydrogens (tertiary/aromatic N) is 3. The lowest BCUT2D eigenvalue weighted by atomic mass is 10.2. The van der Waals surface area contributed by atoms with Crippen molar-refractivity contribution in [3.05, 3.63) is 35.7 Å². The number of hydrogen-bond donors (Lipinski definition) is 1. The van der Waals surface area contributed by atoms with Crippen LogP contribution in [0.2, 0.25) is 0 Å². The van der Waals surface area contributed by atoms with E-state index in [2.05, 4.69) is 20.1 Å². The lowest BCUT2D eigenvalue weighted by molar-refractivity contribution is -0.0497. The number of rotatable bonds is 4. The Balaban J connectivity index is 1.83. The van der Waals surface area contributed by atoms with Gasteiger partial charge in [0.2, 0.25) is 0 Å². The Morgan fingerprint density at radius 3 is 2.87 bits per heavy atom. The molecule has 3 rings (SSSR count). The van der Waals surface area contributed by atoms with Crippen molar-refractivity contribution in [2.45, 2.75) is 13.5 Å². The summed E-state index contributed by atoms with van der Waals surface area (Å²) in [6.07, 6.45) is 1.48. The second-order valence-electron chi connectivity index (χ2n) is 4.75. The number of ether oxygens (including phenoxy) is 1. The van der Waals surface area contributed by atoms with Gasteiger partial charge in [-0.3, -0.25) is 14.8 Å². The standard InChI is InChI=1S/C14H12F2N4O2S/c1-7-9(6-17-20(7)2)12(21)19-14-18-10-4-3-8(22-13(15)16)5-11(10)23-14/h3-6,13H,1-2H3,(H,18,19,21). The fourth-order valence-corrected chi connectivity index (χ4v) is 2.91. The van der Waals surface area contributed by atoms with Crippen molar-refractivity contribution in [3.8, 4) is 5.75 Å². The maximum Gasteiger partial charge on any atom is 0.387 e. The van der Waals surface area contributed by atoms with Crippen LogP contribution in [0.25, 0.3) is 10.2 Å².